The lowest BCUT2D eigenvalue weighted by atomic mass is 10.0. The highest BCUT2D eigenvalue weighted by Gasteiger charge is 2.05. The smallest absolute Gasteiger partial charge is 0.0811 e. The van der Waals surface area contributed by atoms with Gasteiger partial charge >= 0.3 is 0 Å². The van der Waals surface area contributed by atoms with Gasteiger partial charge in [-0.2, -0.15) is 0 Å². The van der Waals surface area contributed by atoms with Gasteiger partial charge in [0.2, 0.25) is 0 Å². The maximum absolute atomic E-state index is 5.56. The molecule has 0 heterocycles. The van der Waals surface area contributed by atoms with Crippen LogP contribution in [0.25, 0.3) is 0 Å². The number of hydrogen-bond donors (Lipinski definition) is 1. The van der Waals surface area contributed by atoms with Gasteiger partial charge in [-0.25, -0.2) is 0 Å². The molecule has 1 N–H and O–H groups in total. The van der Waals surface area contributed by atoms with Crippen molar-refractivity contribution in [2.45, 2.75) is 26.7 Å². The quantitative estimate of drug-likeness (QED) is 0.797. The van der Waals surface area contributed by atoms with Crippen molar-refractivity contribution in [1.29, 1.82) is 0 Å². The van der Waals surface area contributed by atoms with E-state index in [1.165, 1.54) is 16.7 Å². The van der Waals surface area contributed by atoms with Crippen molar-refractivity contribution in [2.24, 2.45) is 0 Å². The first-order chi connectivity index (χ1) is 9.15. The molecule has 0 radical (unpaired) electrons. The number of nitrogens with one attached hydrogen (secondary N) is 1. The van der Waals surface area contributed by atoms with E-state index in [2.05, 4.69) is 62.6 Å². The van der Waals surface area contributed by atoms with Crippen molar-refractivity contribution >= 4 is 5.69 Å². The number of aryl methyl sites for hydroxylation is 2. The van der Waals surface area contributed by atoms with Gasteiger partial charge in [0.05, 0.1) is 12.3 Å². The van der Waals surface area contributed by atoms with Crippen molar-refractivity contribution in [3.05, 3.63) is 65.2 Å². The van der Waals surface area contributed by atoms with E-state index in [0.717, 1.165) is 5.69 Å². The Labute approximate surface area is 115 Å². The zero-order chi connectivity index (χ0) is 13.7. The summed E-state index contributed by atoms with van der Waals surface area (Å²) >= 11 is 0. The molecule has 0 saturated heterocycles. The molecule has 0 aliphatic carbocycles. The summed E-state index contributed by atoms with van der Waals surface area (Å²) in [4.78, 5) is 5.56. The second kappa shape index (κ2) is 6.39. The topological polar surface area (TPSA) is 21.3 Å². The highest BCUT2D eigenvalue weighted by Crippen LogP contribution is 2.16. The fourth-order valence-electron chi connectivity index (χ4n) is 1.86. The summed E-state index contributed by atoms with van der Waals surface area (Å²) in [5.74, 6) is 0.374. The van der Waals surface area contributed by atoms with Crippen LogP contribution < -0.4 is 5.48 Å². The molecule has 0 saturated carbocycles. The minimum absolute atomic E-state index is 0.374. The largest absolute Gasteiger partial charge is 0.276 e. The summed E-state index contributed by atoms with van der Waals surface area (Å²) < 4.78 is 0. The van der Waals surface area contributed by atoms with E-state index < -0.39 is 0 Å². The van der Waals surface area contributed by atoms with Gasteiger partial charge in [0, 0.05) is 5.92 Å². The van der Waals surface area contributed by atoms with Crippen molar-refractivity contribution in [1.82, 2.24) is 0 Å². The van der Waals surface area contributed by atoms with Crippen LogP contribution in [0.5, 0.6) is 0 Å². The van der Waals surface area contributed by atoms with E-state index in [0.29, 0.717) is 12.5 Å². The lowest BCUT2D eigenvalue weighted by Gasteiger charge is -2.13. The molecule has 2 aromatic rings. The molecule has 19 heavy (non-hydrogen) atoms. The van der Waals surface area contributed by atoms with Crippen LogP contribution >= 0.6 is 0 Å². The molecule has 0 aliphatic heterocycles. The number of rotatable bonds is 5. The summed E-state index contributed by atoms with van der Waals surface area (Å²) in [6, 6.07) is 16.8. The molecule has 0 bridgehead atoms. The van der Waals surface area contributed by atoms with Gasteiger partial charge in [-0.1, -0.05) is 54.4 Å². The third kappa shape index (κ3) is 4.11. The summed E-state index contributed by atoms with van der Waals surface area (Å²) in [5.41, 5.74) is 7.81. The van der Waals surface area contributed by atoms with E-state index in [1.807, 2.05) is 12.1 Å². The van der Waals surface area contributed by atoms with Crippen molar-refractivity contribution < 1.29 is 4.84 Å². The van der Waals surface area contributed by atoms with E-state index >= 15 is 0 Å². The standard InChI is InChI=1S/C17H21NO/c1-13-4-8-16(9-5-13)15(3)12-19-18-17-10-6-14(2)7-11-17/h4-11,15,18H,12H2,1-3H3. The Morgan fingerprint density at radius 3 is 2.00 bits per heavy atom. The predicted octanol–water partition coefficient (Wildman–Crippen LogP) is 4.45. The summed E-state index contributed by atoms with van der Waals surface area (Å²) in [6.45, 7) is 6.99. The molecular weight excluding hydrogens is 234 g/mol. The first-order valence-electron chi connectivity index (χ1n) is 6.66. The molecule has 2 heteroatoms. The summed E-state index contributed by atoms with van der Waals surface area (Å²) in [6.07, 6.45) is 0. The lowest BCUT2D eigenvalue weighted by molar-refractivity contribution is 0.180. The average Bonchev–Trinajstić information content (AvgIpc) is 2.41. The van der Waals surface area contributed by atoms with Gasteiger partial charge in [-0.3, -0.25) is 10.3 Å². The minimum Gasteiger partial charge on any atom is -0.276 e. The monoisotopic (exact) mass is 255 g/mol. The number of hydrogen-bond acceptors (Lipinski definition) is 2. The molecule has 0 amide bonds. The van der Waals surface area contributed by atoms with E-state index in [9.17, 15) is 0 Å². The fraction of sp³-hybridized carbons (Fsp3) is 0.294. The van der Waals surface area contributed by atoms with Gasteiger partial charge < -0.3 is 0 Å². The van der Waals surface area contributed by atoms with Gasteiger partial charge in [0.25, 0.3) is 0 Å². The van der Waals surface area contributed by atoms with Gasteiger partial charge in [0.15, 0.2) is 0 Å². The number of benzene rings is 2. The maximum atomic E-state index is 5.56. The van der Waals surface area contributed by atoms with Crippen LogP contribution in [0, 0.1) is 13.8 Å². The lowest BCUT2D eigenvalue weighted by Crippen LogP contribution is -2.09. The third-order valence-electron chi connectivity index (χ3n) is 3.22. The Morgan fingerprint density at radius 2 is 1.42 bits per heavy atom. The highest BCUT2D eigenvalue weighted by molar-refractivity contribution is 5.42. The summed E-state index contributed by atoms with van der Waals surface area (Å²) in [7, 11) is 0. The Hall–Kier alpha value is -1.80. The zero-order valence-electron chi connectivity index (χ0n) is 11.8. The van der Waals surface area contributed by atoms with E-state index in [-0.39, 0.29) is 0 Å². The molecule has 1 atom stereocenters. The van der Waals surface area contributed by atoms with Gasteiger partial charge in [-0.05, 0) is 31.5 Å². The van der Waals surface area contributed by atoms with Gasteiger partial charge in [-0.15, -0.1) is 0 Å². The van der Waals surface area contributed by atoms with Crippen LogP contribution in [-0.4, -0.2) is 6.61 Å². The Kier molecular flexibility index (Phi) is 4.58. The maximum Gasteiger partial charge on any atom is 0.0811 e. The van der Waals surface area contributed by atoms with Crippen molar-refractivity contribution in [2.75, 3.05) is 12.1 Å². The normalized spacial score (nSPS) is 12.2. The van der Waals surface area contributed by atoms with Crippen LogP contribution in [0.2, 0.25) is 0 Å². The third-order valence-corrected chi connectivity index (χ3v) is 3.22. The average molecular weight is 255 g/mol. The van der Waals surface area contributed by atoms with Crippen LogP contribution in [0.3, 0.4) is 0 Å². The molecule has 2 rings (SSSR count). The first-order valence-corrected chi connectivity index (χ1v) is 6.66. The fourth-order valence-corrected chi connectivity index (χ4v) is 1.86. The van der Waals surface area contributed by atoms with Crippen LogP contribution in [-0.2, 0) is 4.84 Å². The predicted molar refractivity (Wildman–Crippen MR) is 80.3 cm³/mol. The second-order valence-corrected chi connectivity index (χ2v) is 5.09. The van der Waals surface area contributed by atoms with Gasteiger partial charge in [0.1, 0.15) is 0 Å². The highest BCUT2D eigenvalue weighted by atomic mass is 16.6. The molecule has 0 aromatic heterocycles. The van der Waals surface area contributed by atoms with Crippen molar-refractivity contribution in [3.8, 4) is 0 Å². The van der Waals surface area contributed by atoms with Crippen LogP contribution in [0.4, 0.5) is 5.69 Å². The Balaban J connectivity index is 1.82. The van der Waals surface area contributed by atoms with E-state index in [4.69, 9.17) is 4.84 Å². The molecule has 0 fully saturated rings. The van der Waals surface area contributed by atoms with E-state index in [1.54, 1.807) is 0 Å². The second-order valence-electron chi connectivity index (χ2n) is 5.09. The SMILES string of the molecule is Cc1ccc(NOCC(C)c2ccc(C)cc2)cc1. The molecule has 2 nitrogen and oxygen atoms in total. The van der Waals surface area contributed by atoms with Crippen LogP contribution in [0.1, 0.15) is 29.5 Å². The molecule has 1 unspecified atom stereocenters. The molecule has 0 aliphatic rings. The van der Waals surface area contributed by atoms with Crippen molar-refractivity contribution in [3.63, 3.8) is 0 Å². The zero-order valence-corrected chi connectivity index (χ0v) is 11.8. The number of anilines is 1. The Bertz CT molecular complexity index is 502. The molecule has 100 valence electrons. The molecule has 2 aromatic carbocycles. The Morgan fingerprint density at radius 1 is 0.895 bits per heavy atom. The summed E-state index contributed by atoms with van der Waals surface area (Å²) in [5, 5.41) is 0. The first kappa shape index (κ1) is 13.6. The minimum atomic E-state index is 0.374. The molecular formula is C17H21NO. The van der Waals surface area contributed by atoms with Crippen LogP contribution in [0.15, 0.2) is 48.5 Å². The molecule has 0 spiro atoms.